The molecule has 4 aromatic rings. The van der Waals surface area contributed by atoms with Gasteiger partial charge in [0.05, 0.1) is 17.6 Å². The van der Waals surface area contributed by atoms with Gasteiger partial charge in [-0.15, -0.1) is 0 Å². The van der Waals surface area contributed by atoms with Crippen LogP contribution in [0.4, 0.5) is 0 Å². The minimum absolute atomic E-state index is 0.837. The third kappa shape index (κ3) is 2.65. The predicted molar refractivity (Wildman–Crippen MR) is 104 cm³/mol. The molecule has 1 aliphatic rings. The van der Waals surface area contributed by atoms with E-state index in [1.165, 1.54) is 16.3 Å². The van der Waals surface area contributed by atoms with E-state index in [9.17, 15) is 0 Å². The Morgan fingerprint density at radius 3 is 2.48 bits per heavy atom. The van der Waals surface area contributed by atoms with Gasteiger partial charge in [0.15, 0.2) is 5.16 Å². The zero-order valence-corrected chi connectivity index (χ0v) is 14.3. The molecule has 120 valence electrons. The maximum Gasteiger partial charge on any atom is 0.189 e. The fourth-order valence-electron chi connectivity index (χ4n) is 3.07. The third-order valence-corrected chi connectivity index (χ3v) is 5.33. The summed E-state index contributed by atoms with van der Waals surface area (Å²) in [5, 5.41) is 8.27. The normalized spacial score (nSPS) is 13.5. The van der Waals surface area contributed by atoms with Crippen LogP contribution >= 0.6 is 11.8 Å². The van der Waals surface area contributed by atoms with Crippen molar-refractivity contribution in [2.45, 2.75) is 5.16 Å². The number of hydrogen-bond acceptors (Lipinski definition) is 3. The van der Waals surface area contributed by atoms with E-state index in [0.717, 1.165) is 27.9 Å². The van der Waals surface area contributed by atoms with Crippen LogP contribution in [0.5, 0.6) is 0 Å². The second-order valence-electron chi connectivity index (χ2n) is 6.02. The number of hydrogen-bond donors (Lipinski definition) is 0. The van der Waals surface area contributed by atoms with E-state index in [0.29, 0.717) is 0 Å². The molecule has 1 aromatic heterocycles. The van der Waals surface area contributed by atoms with Gasteiger partial charge in [-0.2, -0.15) is 5.10 Å². The maximum absolute atomic E-state index is 4.82. The SMILES string of the molecule is c1ccc(-c2cn3c(n2)SCC(c2ccc4ccccc4c2)=N3)cc1. The second-order valence-corrected chi connectivity index (χ2v) is 6.96. The van der Waals surface area contributed by atoms with Gasteiger partial charge < -0.3 is 0 Å². The molecule has 5 rings (SSSR count). The number of rotatable bonds is 2. The molecule has 3 nitrogen and oxygen atoms in total. The van der Waals surface area contributed by atoms with Crippen molar-refractivity contribution in [1.29, 1.82) is 0 Å². The number of fused-ring (bicyclic) bond motifs is 2. The van der Waals surface area contributed by atoms with Crippen LogP contribution in [0.15, 0.2) is 89.3 Å². The Bertz CT molecular complexity index is 1100. The summed E-state index contributed by atoms with van der Waals surface area (Å²) in [5.41, 5.74) is 4.34. The lowest BCUT2D eigenvalue weighted by atomic mass is 10.0. The molecule has 3 aromatic carbocycles. The molecule has 0 amide bonds. The van der Waals surface area contributed by atoms with Crippen molar-refractivity contribution < 1.29 is 0 Å². The summed E-state index contributed by atoms with van der Waals surface area (Å²) in [7, 11) is 0. The van der Waals surface area contributed by atoms with Gasteiger partial charge in [0.2, 0.25) is 0 Å². The standard InChI is InChI=1S/C21H15N3S/c1-2-7-16(8-3-1)19-13-24-21(22-19)25-14-20(23-24)18-11-10-15-6-4-5-9-17(15)12-18/h1-13H,14H2. The molecule has 1 aliphatic heterocycles. The molecule has 0 spiro atoms. The van der Waals surface area contributed by atoms with E-state index >= 15 is 0 Å². The number of thioether (sulfide) groups is 1. The summed E-state index contributed by atoms with van der Waals surface area (Å²) < 4.78 is 1.90. The first-order valence-electron chi connectivity index (χ1n) is 8.21. The van der Waals surface area contributed by atoms with Crippen molar-refractivity contribution in [3.63, 3.8) is 0 Å². The fraction of sp³-hybridized carbons (Fsp3) is 0.0476. The van der Waals surface area contributed by atoms with Crippen LogP contribution in [-0.2, 0) is 0 Å². The molecule has 0 bridgehead atoms. The zero-order chi connectivity index (χ0) is 16.6. The van der Waals surface area contributed by atoms with Crippen LogP contribution < -0.4 is 0 Å². The lowest BCUT2D eigenvalue weighted by molar-refractivity contribution is 0.757. The highest BCUT2D eigenvalue weighted by Crippen LogP contribution is 2.28. The third-order valence-electron chi connectivity index (χ3n) is 4.38. The topological polar surface area (TPSA) is 30.2 Å². The summed E-state index contributed by atoms with van der Waals surface area (Å²) in [6, 6.07) is 25.2. The van der Waals surface area contributed by atoms with Crippen LogP contribution in [-0.4, -0.2) is 21.1 Å². The highest BCUT2D eigenvalue weighted by Gasteiger charge is 2.17. The molecule has 0 saturated heterocycles. The first kappa shape index (κ1) is 14.5. The van der Waals surface area contributed by atoms with Crippen LogP contribution in [0.1, 0.15) is 5.56 Å². The Kier molecular flexibility index (Phi) is 3.42. The zero-order valence-electron chi connectivity index (χ0n) is 13.5. The average molecular weight is 341 g/mol. The summed E-state index contributed by atoms with van der Waals surface area (Å²) >= 11 is 1.73. The lowest BCUT2D eigenvalue weighted by Gasteiger charge is -2.13. The first-order valence-corrected chi connectivity index (χ1v) is 9.20. The van der Waals surface area contributed by atoms with Crippen LogP contribution in [0.3, 0.4) is 0 Å². The van der Waals surface area contributed by atoms with E-state index in [-0.39, 0.29) is 0 Å². The van der Waals surface area contributed by atoms with Gasteiger partial charge in [0.25, 0.3) is 0 Å². The van der Waals surface area contributed by atoms with E-state index in [1.54, 1.807) is 11.8 Å². The van der Waals surface area contributed by atoms with Gasteiger partial charge >= 0.3 is 0 Å². The van der Waals surface area contributed by atoms with Gasteiger partial charge in [-0.25, -0.2) is 9.66 Å². The van der Waals surface area contributed by atoms with E-state index in [2.05, 4.69) is 54.6 Å². The molecule has 0 saturated carbocycles. The second kappa shape index (κ2) is 5.90. The highest BCUT2D eigenvalue weighted by atomic mass is 32.2. The number of benzene rings is 3. The van der Waals surface area contributed by atoms with Crippen molar-refractivity contribution in [2.75, 3.05) is 5.75 Å². The average Bonchev–Trinajstić information content (AvgIpc) is 3.11. The van der Waals surface area contributed by atoms with Gasteiger partial charge in [0.1, 0.15) is 0 Å². The Hall–Kier alpha value is -2.85. The Labute approximate surface area is 150 Å². The monoisotopic (exact) mass is 341 g/mol. The Morgan fingerprint density at radius 1 is 0.800 bits per heavy atom. The van der Waals surface area contributed by atoms with Gasteiger partial charge in [-0.3, -0.25) is 0 Å². The fourth-order valence-corrected chi connectivity index (χ4v) is 3.95. The summed E-state index contributed by atoms with van der Waals surface area (Å²) in [6.45, 7) is 0. The van der Waals surface area contributed by atoms with Crippen LogP contribution in [0.25, 0.3) is 22.0 Å². The van der Waals surface area contributed by atoms with E-state index < -0.39 is 0 Å². The van der Waals surface area contributed by atoms with Crippen molar-refractivity contribution >= 4 is 28.2 Å². The van der Waals surface area contributed by atoms with Crippen molar-refractivity contribution in [3.05, 3.63) is 84.6 Å². The Balaban J connectivity index is 1.55. The molecule has 0 radical (unpaired) electrons. The molecule has 0 unspecified atom stereocenters. The minimum Gasteiger partial charge on any atom is -0.221 e. The smallest absolute Gasteiger partial charge is 0.189 e. The van der Waals surface area contributed by atoms with Gasteiger partial charge in [-0.05, 0) is 22.4 Å². The van der Waals surface area contributed by atoms with Crippen LogP contribution in [0.2, 0.25) is 0 Å². The number of aromatic nitrogens is 2. The number of nitrogens with zero attached hydrogens (tertiary/aromatic N) is 3. The first-order chi connectivity index (χ1) is 12.4. The van der Waals surface area contributed by atoms with E-state index in [4.69, 9.17) is 10.1 Å². The lowest BCUT2D eigenvalue weighted by Crippen LogP contribution is -2.12. The van der Waals surface area contributed by atoms with Gasteiger partial charge in [-0.1, -0.05) is 78.5 Å². The van der Waals surface area contributed by atoms with Crippen LogP contribution in [0, 0.1) is 0 Å². The molecule has 25 heavy (non-hydrogen) atoms. The minimum atomic E-state index is 0.837. The molecular formula is C21H15N3S. The molecule has 0 aliphatic carbocycles. The summed E-state index contributed by atoms with van der Waals surface area (Å²) in [5.74, 6) is 0.837. The number of imidazole rings is 1. The summed E-state index contributed by atoms with van der Waals surface area (Å²) in [4.78, 5) is 4.72. The maximum atomic E-state index is 4.82. The van der Waals surface area contributed by atoms with Crippen molar-refractivity contribution in [3.8, 4) is 11.3 Å². The van der Waals surface area contributed by atoms with E-state index in [1.807, 2.05) is 29.1 Å². The quantitative estimate of drug-likeness (QED) is 0.510. The molecule has 0 N–H and O–H groups in total. The van der Waals surface area contributed by atoms with Gasteiger partial charge in [0, 0.05) is 11.3 Å². The van der Waals surface area contributed by atoms with Crippen molar-refractivity contribution in [1.82, 2.24) is 9.66 Å². The predicted octanol–water partition coefficient (Wildman–Crippen LogP) is 5.06. The summed E-state index contributed by atoms with van der Waals surface area (Å²) in [6.07, 6.45) is 2.01. The molecule has 4 heteroatoms. The molecule has 0 fully saturated rings. The molecule has 2 heterocycles. The molecule has 0 atom stereocenters. The largest absolute Gasteiger partial charge is 0.221 e. The van der Waals surface area contributed by atoms with Crippen molar-refractivity contribution in [2.24, 2.45) is 5.10 Å². The Morgan fingerprint density at radius 2 is 1.60 bits per heavy atom. The highest BCUT2D eigenvalue weighted by molar-refractivity contribution is 7.99. The molecular weight excluding hydrogens is 326 g/mol.